The minimum Gasteiger partial charge on any atom is -0.346 e. The van der Waals surface area contributed by atoms with E-state index >= 15 is 0 Å². The summed E-state index contributed by atoms with van der Waals surface area (Å²) in [6.45, 7) is 2.87. The van der Waals surface area contributed by atoms with Crippen LogP contribution in [0.2, 0.25) is 0 Å². The van der Waals surface area contributed by atoms with Crippen molar-refractivity contribution in [3.05, 3.63) is 72.6 Å². The van der Waals surface area contributed by atoms with Crippen molar-refractivity contribution in [2.45, 2.75) is 18.9 Å². The van der Waals surface area contributed by atoms with E-state index in [1.165, 1.54) is 18.3 Å². The van der Waals surface area contributed by atoms with Gasteiger partial charge in [-0.05, 0) is 31.0 Å². The quantitative estimate of drug-likeness (QED) is 0.504. The van der Waals surface area contributed by atoms with E-state index in [-0.39, 0.29) is 17.4 Å². The molecule has 4 aromatic heterocycles. The number of hydrogen-bond acceptors (Lipinski definition) is 5. The Labute approximate surface area is 194 Å². The molecule has 0 unspecified atom stereocenters. The number of rotatable bonds is 4. The number of amides is 1. The lowest BCUT2D eigenvalue weighted by Gasteiger charge is -2.46. The van der Waals surface area contributed by atoms with Crippen LogP contribution in [0.4, 0.5) is 8.78 Å². The number of halogens is 2. The number of fused-ring (bicyclic) bond motifs is 1. The first-order chi connectivity index (χ1) is 16.6. The van der Waals surface area contributed by atoms with Crippen molar-refractivity contribution in [2.24, 2.45) is 0 Å². The van der Waals surface area contributed by atoms with Gasteiger partial charge in [0.15, 0.2) is 0 Å². The van der Waals surface area contributed by atoms with Crippen molar-refractivity contribution >= 4 is 16.9 Å². The van der Waals surface area contributed by atoms with Crippen LogP contribution in [0, 0.1) is 17.7 Å². The van der Waals surface area contributed by atoms with Gasteiger partial charge in [-0.25, -0.2) is 18.7 Å². The number of carbonyl (C=O) groups excluding carboxylic acids is 1. The molecule has 2 aliphatic rings. The molecule has 173 valence electrons. The number of aromatic nitrogens is 5. The zero-order valence-corrected chi connectivity index (χ0v) is 18.3. The average Bonchev–Trinajstić information content (AvgIpc) is 3.49. The van der Waals surface area contributed by atoms with Crippen molar-refractivity contribution < 1.29 is 13.6 Å². The summed E-state index contributed by atoms with van der Waals surface area (Å²) >= 11 is 0. The monoisotopic (exact) mass is 462 g/mol. The van der Waals surface area contributed by atoms with E-state index in [9.17, 15) is 13.6 Å². The minimum absolute atomic E-state index is 0.154. The number of pyridine rings is 2. The minimum atomic E-state index is -0.451. The van der Waals surface area contributed by atoms with Crippen molar-refractivity contribution in [1.29, 1.82) is 0 Å². The molecule has 1 N–H and O–H groups in total. The first-order valence-corrected chi connectivity index (χ1v) is 11.2. The molecular weight excluding hydrogens is 440 g/mol. The molecule has 0 aliphatic carbocycles. The molecule has 4 aromatic rings. The van der Waals surface area contributed by atoms with Crippen LogP contribution in [0.3, 0.4) is 0 Å². The third-order valence-corrected chi connectivity index (χ3v) is 6.72. The third-order valence-electron chi connectivity index (χ3n) is 6.72. The molecule has 6 rings (SSSR count). The highest BCUT2D eigenvalue weighted by atomic mass is 19.1. The van der Waals surface area contributed by atoms with Gasteiger partial charge in [0.25, 0.3) is 5.91 Å². The van der Waals surface area contributed by atoms with Gasteiger partial charge in [0.2, 0.25) is 0 Å². The highest BCUT2D eigenvalue weighted by molar-refractivity contribution is 5.93. The molecule has 10 heteroatoms. The zero-order valence-electron chi connectivity index (χ0n) is 18.3. The number of H-pyrrole nitrogens is 1. The summed E-state index contributed by atoms with van der Waals surface area (Å²) in [4.78, 5) is 27.8. The molecule has 34 heavy (non-hydrogen) atoms. The van der Waals surface area contributed by atoms with E-state index in [0.717, 1.165) is 49.1 Å². The number of aromatic amines is 1. The van der Waals surface area contributed by atoms with Crippen molar-refractivity contribution in [3.63, 3.8) is 0 Å². The topological polar surface area (TPSA) is 82.9 Å². The molecule has 2 aliphatic heterocycles. The Morgan fingerprint density at radius 3 is 2.62 bits per heavy atom. The predicted molar refractivity (Wildman–Crippen MR) is 121 cm³/mol. The molecule has 2 saturated heterocycles. The average molecular weight is 462 g/mol. The van der Waals surface area contributed by atoms with Crippen LogP contribution in [0.15, 0.2) is 49.2 Å². The van der Waals surface area contributed by atoms with Crippen LogP contribution in [-0.2, 0) is 0 Å². The maximum Gasteiger partial charge on any atom is 0.272 e. The zero-order chi connectivity index (χ0) is 23.2. The van der Waals surface area contributed by atoms with E-state index in [4.69, 9.17) is 0 Å². The normalized spacial score (nSPS) is 17.9. The van der Waals surface area contributed by atoms with Gasteiger partial charge in [-0.15, -0.1) is 0 Å². The maximum atomic E-state index is 14.5. The largest absolute Gasteiger partial charge is 0.346 e. The summed E-state index contributed by atoms with van der Waals surface area (Å²) in [6.07, 6.45) is 9.35. The molecule has 0 spiro atoms. The summed E-state index contributed by atoms with van der Waals surface area (Å²) in [5, 5.41) is 5.20. The van der Waals surface area contributed by atoms with Crippen LogP contribution >= 0.6 is 0 Å². The van der Waals surface area contributed by atoms with E-state index in [2.05, 4.69) is 25.0 Å². The van der Waals surface area contributed by atoms with Crippen LogP contribution < -0.4 is 0 Å². The fourth-order valence-electron chi connectivity index (χ4n) is 4.83. The summed E-state index contributed by atoms with van der Waals surface area (Å²) in [7, 11) is 0. The molecule has 1 amide bonds. The van der Waals surface area contributed by atoms with Gasteiger partial charge in [0.1, 0.15) is 29.0 Å². The van der Waals surface area contributed by atoms with Gasteiger partial charge >= 0.3 is 0 Å². The smallest absolute Gasteiger partial charge is 0.272 e. The van der Waals surface area contributed by atoms with Crippen LogP contribution in [0.1, 0.15) is 23.3 Å². The summed E-state index contributed by atoms with van der Waals surface area (Å²) < 4.78 is 29.4. The molecule has 0 atom stereocenters. The van der Waals surface area contributed by atoms with E-state index in [1.807, 2.05) is 16.9 Å². The van der Waals surface area contributed by atoms with E-state index in [0.29, 0.717) is 30.3 Å². The number of nitrogens with one attached hydrogen (secondary N) is 1. The first kappa shape index (κ1) is 20.9. The molecule has 1 radical (unpaired) electrons. The molecule has 0 bridgehead atoms. The van der Waals surface area contributed by atoms with Gasteiger partial charge in [-0.3, -0.25) is 14.4 Å². The second-order valence-corrected chi connectivity index (χ2v) is 8.75. The fourth-order valence-corrected chi connectivity index (χ4v) is 4.83. The van der Waals surface area contributed by atoms with Crippen molar-refractivity contribution in [2.75, 3.05) is 26.2 Å². The number of nitrogens with zero attached hydrogens (tertiary/aromatic N) is 6. The lowest BCUT2D eigenvalue weighted by Crippen LogP contribution is -2.56. The van der Waals surface area contributed by atoms with Gasteiger partial charge in [0.05, 0.1) is 18.6 Å². The summed E-state index contributed by atoms with van der Waals surface area (Å²) in [5.74, 6) is -0.977. The Morgan fingerprint density at radius 1 is 1.03 bits per heavy atom. The lowest BCUT2D eigenvalue weighted by atomic mass is 9.97. The molecular formula is C24H22F2N7O. The Kier molecular flexibility index (Phi) is 5.09. The van der Waals surface area contributed by atoms with Crippen molar-refractivity contribution in [1.82, 2.24) is 34.5 Å². The maximum absolute atomic E-state index is 14.5. The number of piperidine rings is 1. The SMILES string of the molecule is O=C(c1ccc(F)cn1)N1CCC(N2C[C](n3cc(-c4c(F)cnc5[nH]ccc45)cn3)C2)CC1. The molecule has 8 nitrogen and oxygen atoms in total. The molecule has 0 saturated carbocycles. The predicted octanol–water partition coefficient (Wildman–Crippen LogP) is 3.10. The van der Waals surface area contributed by atoms with Crippen molar-refractivity contribution in [3.8, 4) is 11.1 Å². The Bertz CT molecular complexity index is 1340. The molecule has 2 fully saturated rings. The standard InChI is InChI=1S/C24H22F2N7O/c25-16-1-2-21(28-10-16)24(34)31-7-4-17(5-8-31)32-13-18(14-32)33-12-15(9-30-33)22-19-3-6-27-23(19)29-11-20(22)26/h1-3,6,9-12,17H,4-5,7-8,13-14H2,(H,27,29). The Balaban J connectivity index is 1.06. The van der Waals surface area contributed by atoms with Gasteiger partial charge in [-0.2, -0.15) is 5.10 Å². The Morgan fingerprint density at radius 2 is 1.85 bits per heavy atom. The lowest BCUT2D eigenvalue weighted by molar-refractivity contribution is 0.0510. The second kappa shape index (κ2) is 8.28. The summed E-state index contributed by atoms with van der Waals surface area (Å²) in [6, 6.07) is 6.05. The number of hydrogen-bond donors (Lipinski definition) is 1. The first-order valence-electron chi connectivity index (χ1n) is 11.2. The van der Waals surface area contributed by atoms with E-state index < -0.39 is 5.82 Å². The molecule has 0 aromatic carbocycles. The third kappa shape index (κ3) is 3.63. The van der Waals surface area contributed by atoms with Crippen LogP contribution in [0.5, 0.6) is 0 Å². The summed E-state index contributed by atoms with van der Waals surface area (Å²) in [5.41, 5.74) is 2.14. The van der Waals surface area contributed by atoms with Gasteiger partial charge in [0, 0.05) is 61.1 Å². The molecule has 6 heterocycles. The number of carbonyl (C=O) groups is 1. The fraction of sp³-hybridized carbons (Fsp3) is 0.292. The van der Waals surface area contributed by atoms with Gasteiger partial charge < -0.3 is 9.88 Å². The Hall–Kier alpha value is -3.66. The highest BCUT2D eigenvalue weighted by Crippen LogP contribution is 2.32. The van der Waals surface area contributed by atoms with Gasteiger partial charge in [-0.1, -0.05) is 0 Å². The van der Waals surface area contributed by atoms with E-state index in [1.54, 1.807) is 17.3 Å². The number of likely N-dealkylation sites (tertiary alicyclic amines) is 2. The highest BCUT2D eigenvalue weighted by Gasteiger charge is 2.37. The van der Waals surface area contributed by atoms with Crippen LogP contribution in [-0.4, -0.2) is 72.7 Å². The second-order valence-electron chi connectivity index (χ2n) is 8.75. The van der Waals surface area contributed by atoms with Crippen LogP contribution in [0.25, 0.3) is 22.2 Å².